The summed E-state index contributed by atoms with van der Waals surface area (Å²) < 4.78 is 12.9. The molecule has 0 aromatic heterocycles. The van der Waals surface area contributed by atoms with Crippen molar-refractivity contribution in [3.63, 3.8) is 0 Å². The van der Waals surface area contributed by atoms with Gasteiger partial charge in [0.25, 0.3) is 0 Å². The molecule has 0 unspecified atom stereocenters. The van der Waals surface area contributed by atoms with Gasteiger partial charge in [0.2, 0.25) is 0 Å². The highest BCUT2D eigenvalue weighted by molar-refractivity contribution is 8.04. The first-order chi connectivity index (χ1) is 7.08. The number of rotatable bonds is 1. The molecule has 15 heavy (non-hydrogen) atoms. The summed E-state index contributed by atoms with van der Waals surface area (Å²) in [5, 5.41) is 11.8. The molecule has 0 amide bonds. The Balaban J connectivity index is 2.43. The van der Waals surface area contributed by atoms with Crippen LogP contribution in [0.4, 0.5) is 10.1 Å². The number of carboxylic acids is 1. The highest BCUT2D eigenvalue weighted by Crippen LogP contribution is 2.39. The standard InChI is InChI=1S/C10H8FNO2S/c1-5-9(10(13)14)15-8-4-6(11)2-3-7(8)12-5/h2-4,12H,1H3,(H,13,14). The third-order valence-corrected chi connectivity index (χ3v) is 3.26. The van der Waals surface area contributed by atoms with Crippen LogP contribution in [0.25, 0.3) is 0 Å². The van der Waals surface area contributed by atoms with E-state index >= 15 is 0 Å². The second-order valence-electron chi connectivity index (χ2n) is 3.13. The van der Waals surface area contributed by atoms with Gasteiger partial charge in [0.05, 0.1) is 5.69 Å². The Morgan fingerprint density at radius 1 is 1.53 bits per heavy atom. The maximum absolute atomic E-state index is 12.9. The van der Waals surface area contributed by atoms with Crippen molar-refractivity contribution in [1.82, 2.24) is 0 Å². The summed E-state index contributed by atoms with van der Waals surface area (Å²) in [4.78, 5) is 11.6. The number of halogens is 1. The SMILES string of the molecule is CC1=C(C(=O)O)Sc2cc(F)ccc2N1. The molecule has 2 N–H and O–H groups in total. The van der Waals surface area contributed by atoms with Gasteiger partial charge in [0.1, 0.15) is 10.7 Å². The smallest absolute Gasteiger partial charge is 0.344 e. The molecule has 0 saturated heterocycles. The van der Waals surface area contributed by atoms with Gasteiger partial charge >= 0.3 is 5.97 Å². The highest BCUT2D eigenvalue weighted by atomic mass is 32.2. The minimum absolute atomic E-state index is 0.202. The van der Waals surface area contributed by atoms with Crippen molar-refractivity contribution in [3.8, 4) is 0 Å². The maximum atomic E-state index is 12.9. The average Bonchev–Trinajstić information content (AvgIpc) is 2.17. The Labute approximate surface area is 90.0 Å². The zero-order valence-corrected chi connectivity index (χ0v) is 8.69. The zero-order chi connectivity index (χ0) is 11.0. The van der Waals surface area contributed by atoms with E-state index in [2.05, 4.69) is 5.32 Å². The molecule has 0 radical (unpaired) electrons. The number of hydrogen-bond donors (Lipinski definition) is 2. The van der Waals surface area contributed by atoms with Crippen LogP contribution in [0.2, 0.25) is 0 Å². The van der Waals surface area contributed by atoms with Gasteiger partial charge in [-0.05, 0) is 25.1 Å². The van der Waals surface area contributed by atoms with Crippen molar-refractivity contribution >= 4 is 23.4 Å². The molecule has 1 aliphatic rings. The molecule has 0 fully saturated rings. The van der Waals surface area contributed by atoms with Crippen LogP contribution in [0.3, 0.4) is 0 Å². The molecule has 0 saturated carbocycles. The van der Waals surface area contributed by atoms with Crippen LogP contribution in [0, 0.1) is 5.82 Å². The van der Waals surface area contributed by atoms with Gasteiger partial charge in [-0.3, -0.25) is 0 Å². The third kappa shape index (κ3) is 1.83. The van der Waals surface area contributed by atoms with Crippen LogP contribution in [-0.2, 0) is 4.79 Å². The number of nitrogens with one attached hydrogen (secondary N) is 1. The Hall–Kier alpha value is -1.49. The minimum Gasteiger partial charge on any atom is -0.477 e. The Kier molecular flexibility index (Phi) is 2.40. The van der Waals surface area contributed by atoms with E-state index in [-0.39, 0.29) is 10.7 Å². The van der Waals surface area contributed by atoms with Crippen LogP contribution < -0.4 is 5.32 Å². The maximum Gasteiger partial charge on any atom is 0.344 e. The van der Waals surface area contributed by atoms with Crippen LogP contribution in [0.15, 0.2) is 33.7 Å². The van der Waals surface area contributed by atoms with Crippen LogP contribution >= 0.6 is 11.8 Å². The fourth-order valence-corrected chi connectivity index (χ4v) is 2.25. The number of anilines is 1. The van der Waals surface area contributed by atoms with E-state index in [1.54, 1.807) is 13.0 Å². The topological polar surface area (TPSA) is 49.3 Å². The van der Waals surface area contributed by atoms with E-state index in [1.807, 2.05) is 0 Å². The Morgan fingerprint density at radius 2 is 2.27 bits per heavy atom. The molecule has 0 bridgehead atoms. The monoisotopic (exact) mass is 225 g/mol. The second-order valence-corrected chi connectivity index (χ2v) is 4.18. The molecule has 1 aromatic rings. The van der Waals surface area contributed by atoms with E-state index in [0.29, 0.717) is 10.6 Å². The van der Waals surface area contributed by atoms with E-state index < -0.39 is 5.97 Å². The van der Waals surface area contributed by atoms with Crippen molar-refractivity contribution in [3.05, 3.63) is 34.6 Å². The molecule has 3 nitrogen and oxygen atoms in total. The van der Waals surface area contributed by atoms with Crippen molar-refractivity contribution in [2.45, 2.75) is 11.8 Å². The fraction of sp³-hybridized carbons (Fsp3) is 0.100. The molecule has 2 rings (SSSR count). The number of aliphatic carboxylic acids is 1. The largest absolute Gasteiger partial charge is 0.477 e. The lowest BCUT2D eigenvalue weighted by Gasteiger charge is -2.19. The van der Waals surface area contributed by atoms with E-state index in [4.69, 9.17) is 5.11 Å². The first-order valence-corrected chi connectivity index (χ1v) is 5.08. The van der Waals surface area contributed by atoms with E-state index in [0.717, 1.165) is 17.4 Å². The summed E-state index contributed by atoms with van der Waals surface area (Å²) in [6.45, 7) is 1.68. The molecule has 0 spiro atoms. The second kappa shape index (κ2) is 3.58. The zero-order valence-electron chi connectivity index (χ0n) is 7.87. The first kappa shape index (κ1) is 10.0. The number of allylic oxidation sites excluding steroid dienone is 1. The predicted octanol–water partition coefficient (Wildman–Crippen LogP) is 2.66. The minimum atomic E-state index is -1.00. The van der Waals surface area contributed by atoms with Gasteiger partial charge in [0.15, 0.2) is 0 Å². The number of thioether (sulfide) groups is 1. The van der Waals surface area contributed by atoms with Gasteiger partial charge in [-0.25, -0.2) is 9.18 Å². The summed E-state index contributed by atoms with van der Waals surface area (Å²) in [5.74, 6) is -1.37. The fourth-order valence-electron chi connectivity index (χ4n) is 1.33. The van der Waals surface area contributed by atoms with Gasteiger partial charge in [0, 0.05) is 10.6 Å². The lowest BCUT2D eigenvalue weighted by molar-refractivity contribution is -0.131. The molecule has 0 aliphatic carbocycles. The molecule has 1 aliphatic heterocycles. The van der Waals surface area contributed by atoms with E-state index in [1.165, 1.54) is 12.1 Å². The van der Waals surface area contributed by atoms with Crippen molar-refractivity contribution < 1.29 is 14.3 Å². The summed E-state index contributed by atoms with van der Waals surface area (Å²) in [5.41, 5.74) is 1.32. The van der Waals surface area contributed by atoms with Crippen LogP contribution in [-0.4, -0.2) is 11.1 Å². The molecule has 78 valence electrons. The molecular weight excluding hydrogens is 217 g/mol. The normalized spacial score (nSPS) is 14.5. The summed E-state index contributed by atoms with van der Waals surface area (Å²) in [6, 6.07) is 4.26. The first-order valence-electron chi connectivity index (χ1n) is 4.26. The van der Waals surface area contributed by atoms with E-state index in [9.17, 15) is 9.18 Å². The van der Waals surface area contributed by atoms with Crippen molar-refractivity contribution in [2.75, 3.05) is 5.32 Å². The molecule has 0 atom stereocenters. The number of carboxylic acid groups (broad SMARTS) is 1. The van der Waals surface area contributed by atoms with Crippen molar-refractivity contribution in [2.24, 2.45) is 0 Å². The summed E-state index contributed by atoms with van der Waals surface area (Å²) in [6.07, 6.45) is 0. The lowest BCUT2D eigenvalue weighted by Crippen LogP contribution is -2.11. The lowest BCUT2D eigenvalue weighted by atomic mass is 10.3. The number of benzene rings is 1. The Morgan fingerprint density at radius 3 is 2.93 bits per heavy atom. The predicted molar refractivity (Wildman–Crippen MR) is 56.2 cm³/mol. The van der Waals surface area contributed by atoms with Gasteiger partial charge in [-0.1, -0.05) is 11.8 Å². The van der Waals surface area contributed by atoms with Crippen LogP contribution in [0.5, 0.6) is 0 Å². The average molecular weight is 225 g/mol. The highest BCUT2D eigenvalue weighted by Gasteiger charge is 2.21. The van der Waals surface area contributed by atoms with Crippen LogP contribution in [0.1, 0.15) is 6.92 Å². The van der Waals surface area contributed by atoms with Gasteiger partial charge in [-0.2, -0.15) is 0 Å². The third-order valence-electron chi connectivity index (χ3n) is 2.01. The number of carbonyl (C=O) groups is 1. The summed E-state index contributed by atoms with van der Waals surface area (Å²) in [7, 11) is 0. The quantitative estimate of drug-likeness (QED) is 0.771. The van der Waals surface area contributed by atoms with Gasteiger partial charge < -0.3 is 10.4 Å². The molecule has 1 aromatic carbocycles. The number of fused-ring (bicyclic) bond motifs is 1. The van der Waals surface area contributed by atoms with Crippen molar-refractivity contribution in [1.29, 1.82) is 0 Å². The molecule has 1 heterocycles. The molecular formula is C10H8FNO2S. The number of hydrogen-bond acceptors (Lipinski definition) is 3. The van der Waals surface area contributed by atoms with Gasteiger partial charge in [-0.15, -0.1) is 0 Å². The Bertz CT molecular complexity index is 470. The molecule has 5 heteroatoms. The summed E-state index contributed by atoms with van der Waals surface area (Å²) >= 11 is 1.06.